The Kier molecular flexibility index (Phi) is 6.04. The van der Waals surface area contributed by atoms with Crippen LogP contribution in [0, 0.1) is 0 Å². The van der Waals surface area contributed by atoms with Crippen molar-refractivity contribution in [1.82, 2.24) is 4.57 Å². The van der Waals surface area contributed by atoms with E-state index in [1.54, 1.807) is 0 Å². The van der Waals surface area contributed by atoms with E-state index in [-0.39, 0.29) is 11.8 Å². The fraction of sp³-hybridized carbons (Fsp3) is 0.206. The Morgan fingerprint density at radius 3 is 2.67 bits per heavy atom. The monoisotopic (exact) mass is 514 g/mol. The van der Waals surface area contributed by atoms with E-state index in [1.165, 1.54) is 22.3 Å². The minimum Gasteiger partial charge on any atom is -0.493 e. The maximum Gasteiger partial charge on any atom is 0.225 e. The molecule has 0 radical (unpaired) electrons. The van der Waals surface area contributed by atoms with Gasteiger partial charge >= 0.3 is 0 Å². The van der Waals surface area contributed by atoms with Crippen molar-refractivity contribution in [3.8, 4) is 11.5 Å². The Morgan fingerprint density at radius 2 is 1.79 bits per heavy atom. The molecular formula is C34H30N2O3. The molecule has 5 heteroatoms. The number of benzene rings is 4. The molecule has 3 heterocycles. The van der Waals surface area contributed by atoms with E-state index >= 15 is 0 Å². The predicted molar refractivity (Wildman–Crippen MR) is 154 cm³/mol. The van der Waals surface area contributed by atoms with Crippen molar-refractivity contribution < 1.29 is 14.3 Å². The summed E-state index contributed by atoms with van der Waals surface area (Å²) in [5, 5.41) is 4.28. The minimum atomic E-state index is -0.0316. The van der Waals surface area contributed by atoms with Gasteiger partial charge in [-0.2, -0.15) is 0 Å². The van der Waals surface area contributed by atoms with Crippen LogP contribution in [0.15, 0.2) is 97.2 Å². The number of rotatable bonds is 7. The second-order valence-electron chi connectivity index (χ2n) is 10.4. The molecule has 194 valence electrons. The molecule has 5 aromatic rings. The van der Waals surface area contributed by atoms with Crippen molar-refractivity contribution in [1.29, 1.82) is 0 Å². The Morgan fingerprint density at radius 1 is 0.923 bits per heavy atom. The van der Waals surface area contributed by atoms with Crippen LogP contribution in [0.2, 0.25) is 0 Å². The minimum absolute atomic E-state index is 0.0316. The lowest BCUT2D eigenvalue weighted by molar-refractivity contribution is -0.116. The van der Waals surface area contributed by atoms with Gasteiger partial charge in [0.25, 0.3) is 0 Å². The molecule has 0 fully saturated rings. The molecule has 1 N–H and O–H groups in total. The summed E-state index contributed by atoms with van der Waals surface area (Å²) in [6, 6.07) is 31.3. The van der Waals surface area contributed by atoms with Crippen LogP contribution in [-0.2, 0) is 24.2 Å². The average molecular weight is 515 g/mol. The molecule has 0 aliphatic carbocycles. The second kappa shape index (κ2) is 9.99. The third-order valence-electron chi connectivity index (χ3n) is 7.87. The maximum absolute atomic E-state index is 12.9. The smallest absolute Gasteiger partial charge is 0.225 e. The Hall–Kier alpha value is -4.51. The van der Waals surface area contributed by atoms with Crippen LogP contribution in [0.1, 0.15) is 40.2 Å². The first-order valence-electron chi connectivity index (χ1n) is 13.6. The quantitative estimate of drug-likeness (QED) is 0.262. The lowest BCUT2D eigenvalue weighted by Gasteiger charge is -2.15. The van der Waals surface area contributed by atoms with Crippen molar-refractivity contribution in [2.75, 3.05) is 18.5 Å². The number of amides is 1. The van der Waals surface area contributed by atoms with Crippen molar-refractivity contribution in [2.45, 2.75) is 31.7 Å². The van der Waals surface area contributed by atoms with Gasteiger partial charge in [0.2, 0.25) is 5.91 Å². The molecule has 7 rings (SSSR count). The third kappa shape index (κ3) is 4.65. The second-order valence-corrected chi connectivity index (χ2v) is 10.4. The molecule has 0 spiro atoms. The zero-order chi connectivity index (χ0) is 26.2. The lowest BCUT2D eigenvalue weighted by atomic mass is 9.88. The van der Waals surface area contributed by atoms with E-state index in [2.05, 4.69) is 76.7 Å². The van der Waals surface area contributed by atoms with E-state index in [9.17, 15) is 4.79 Å². The predicted octanol–water partition coefficient (Wildman–Crippen LogP) is 6.72. The molecule has 2 aliphatic rings. The zero-order valence-electron chi connectivity index (χ0n) is 21.7. The molecule has 0 unspecified atom stereocenters. The highest BCUT2D eigenvalue weighted by Crippen LogP contribution is 2.41. The number of nitrogens with zero attached hydrogens (tertiary/aromatic N) is 1. The zero-order valence-corrected chi connectivity index (χ0v) is 21.7. The first kappa shape index (κ1) is 23.6. The summed E-state index contributed by atoms with van der Waals surface area (Å²) >= 11 is 0. The van der Waals surface area contributed by atoms with Gasteiger partial charge in [-0.05, 0) is 58.1 Å². The van der Waals surface area contributed by atoms with E-state index in [0.717, 1.165) is 59.6 Å². The lowest BCUT2D eigenvalue weighted by Crippen LogP contribution is -2.14. The summed E-state index contributed by atoms with van der Waals surface area (Å²) in [6.45, 7) is 2.17. The third-order valence-corrected chi connectivity index (χ3v) is 7.87. The number of anilines is 1. The van der Waals surface area contributed by atoms with Crippen LogP contribution in [0.25, 0.3) is 10.9 Å². The van der Waals surface area contributed by atoms with Gasteiger partial charge in [-0.3, -0.25) is 4.79 Å². The van der Waals surface area contributed by atoms with Crippen molar-refractivity contribution in [2.24, 2.45) is 0 Å². The summed E-state index contributed by atoms with van der Waals surface area (Å²) in [7, 11) is 0. The summed E-state index contributed by atoms with van der Waals surface area (Å²) < 4.78 is 14.0. The molecule has 0 saturated heterocycles. The maximum atomic E-state index is 12.9. The topological polar surface area (TPSA) is 52.5 Å². The fourth-order valence-electron chi connectivity index (χ4n) is 5.94. The van der Waals surface area contributed by atoms with Crippen LogP contribution < -0.4 is 14.8 Å². The number of ether oxygens (including phenoxy) is 2. The van der Waals surface area contributed by atoms with Crippen LogP contribution in [0.5, 0.6) is 11.5 Å². The van der Waals surface area contributed by atoms with Gasteiger partial charge in [-0.15, -0.1) is 0 Å². The molecule has 1 amide bonds. The fourth-order valence-corrected chi connectivity index (χ4v) is 5.94. The summed E-state index contributed by atoms with van der Waals surface area (Å²) in [5.41, 5.74) is 8.13. The molecule has 39 heavy (non-hydrogen) atoms. The van der Waals surface area contributed by atoms with Gasteiger partial charge in [0.1, 0.15) is 11.5 Å². The van der Waals surface area contributed by atoms with E-state index in [1.807, 2.05) is 30.3 Å². The van der Waals surface area contributed by atoms with Crippen molar-refractivity contribution in [3.05, 3.63) is 125 Å². The molecule has 4 aromatic carbocycles. The molecule has 1 atom stereocenters. The summed E-state index contributed by atoms with van der Waals surface area (Å²) in [4.78, 5) is 12.9. The number of fused-ring (bicyclic) bond motifs is 1. The van der Waals surface area contributed by atoms with Gasteiger partial charge in [0, 0.05) is 43.3 Å². The largest absolute Gasteiger partial charge is 0.493 e. The van der Waals surface area contributed by atoms with Crippen LogP contribution in [0.3, 0.4) is 0 Å². The number of aromatic nitrogens is 1. The molecule has 0 saturated carbocycles. The van der Waals surface area contributed by atoms with Crippen molar-refractivity contribution >= 4 is 22.5 Å². The van der Waals surface area contributed by atoms with E-state index in [0.29, 0.717) is 13.0 Å². The van der Waals surface area contributed by atoms with Gasteiger partial charge in [-0.1, -0.05) is 60.7 Å². The Bertz CT molecular complexity index is 1650. The van der Waals surface area contributed by atoms with Crippen LogP contribution in [0.4, 0.5) is 5.69 Å². The first-order chi connectivity index (χ1) is 19.2. The highest BCUT2D eigenvalue weighted by Gasteiger charge is 2.28. The molecular weight excluding hydrogens is 484 g/mol. The molecule has 2 aliphatic heterocycles. The van der Waals surface area contributed by atoms with Gasteiger partial charge in [0.15, 0.2) is 0 Å². The number of hydrogen-bond acceptors (Lipinski definition) is 3. The average Bonchev–Trinajstić information content (AvgIpc) is 3.54. The summed E-state index contributed by atoms with van der Waals surface area (Å²) in [6.07, 6.45) is 4.47. The van der Waals surface area contributed by atoms with Crippen LogP contribution >= 0.6 is 0 Å². The molecule has 0 bridgehead atoms. The standard InChI is InChI=1S/C34H30N2O3/c37-33-20-28(25-10-12-27(13-11-25)38-17-15-23-9-14-32-26(19-23)16-18-39-32)29-22-36(21-24-5-2-1-3-6-24)31-8-4-7-30(35-33)34(29)31/h1-14,19,22,28H,15-18,20-21H2,(H,35,37)/t28-/m1/s1. The molecule has 1 aromatic heterocycles. The number of nitrogens with one attached hydrogen (secondary N) is 1. The van der Waals surface area contributed by atoms with E-state index < -0.39 is 0 Å². The van der Waals surface area contributed by atoms with Gasteiger partial charge in [0.05, 0.1) is 24.4 Å². The van der Waals surface area contributed by atoms with Gasteiger partial charge in [-0.25, -0.2) is 0 Å². The first-order valence-corrected chi connectivity index (χ1v) is 13.6. The Balaban J connectivity index is 1.12. The van der Waals surface area contributed by atoms with Crippen LogP contribution in [-0.4, -0.2) is 23.7 Å². The van der Waals surface area contributed by atoms with Crippen molar-refractivity contribution in [3.63, 3.8) is 0 Å². The SMILES string of the molecule is O=C1C[C@H](c2ccc(OCCc3ccc4c(c3)CCO4)cc2)c2cn(Cc3ccccc3)c3cccc(c23)N1. The normalized spacial score (nSPS) is 15.9. The number of carbonyl (C=O) groups is 1. The number of hydrogen-bond donors (Lipinski definition) is 1. The Labute approximate surface area is 228 Å². The van der Waals surface area contributed by atoms with Gasteiger partial charge < -0.3 is 19.4 Å². The number of carbonyl (C=O) groups excluding carboxylic acids is 1. The summed E-state index contributed by atoms with van der Waals surface area (Å²) in [5.74, 6) is 1.86. The highest BCUT2D eigenvalue weighted by molar-refractivity contribution is 6.06. The van der Waals surface area contributed by atoms with E-state index in [4.69, 9.17) is 9.47 Å². The molecule has 5 nitrogen and oxygen atoms in total. The highest BCUT2D eigenvalue weighted by atomic mass is 16.5.